The van der Waals surface area contributed by atoms with E-state index in [-0.39, 0.29) is 11.3 Å². The molecule has 0 heterocycles. The molecule has 0 saturated carbocycles. The number of hydrogen-bond donors (Lipinski definition) is 1. The second-order valence-electron chi connectivity index (χ2n) is 5.31. The Kier molecular flexibility index (Phi) is 6.35. The van der Waals surface area contributed by atoms with Crippen molar-refractivity contribution in [3.63, 3.8) is 0 Å². The molecule has 134 valence electrons. The van der Waals surface area contributed by atoms with Crippen LogP contribution in [0.15, 0.2) is 47.4 Å². The first-order valence-electron chi connectivity index (χ1n) is 7.02. The number of hydrogen-bond acceptors (Lipinski definition) is 3. The summed E-state index contributed by atoms with van der Waals surface area (Å²) in [7, 11) is -2.80. The number of nitrogens with zero attached hydrogens (tertiary/aromatic N) is 1. The van der Waals surface area contributed by atoms with Gasteiger partial charge in [0.25, 0.3) is 0 Å². The molecule has 0 radical (unpaired) electrons. The van der Waals surface area contributed by atoms with Crippen molar-refractivity contribution in [2.24, 2.45) is 0 Å². The average molecular weight is 423 g/mol. The number of carbonyl (C=O) groups is 1. The van der Waals surface area contributed by atoms with Gasteiger partial charge in [-0.25, -0.2) is 8.42 Å². The molecule has 1 unspecified atom stereocenters. The number of sulfonamides is 1. The number of halogens is 3. The SMILES string of the molecule is CN(C(Cc1cc(Cl)cc(Cl)c1)C(=O)O)S(=O)(=O)c1ccc(Cl)cc1. The highest BCUT2D eigenvalue weighted by molar-refractivity contribution is 7.89. The number of benzene rings is 2. The van der Waals surface area contributed by atoms with Gasteiger partial charge in [-0.05, 0) is 54.4 Å². The molecule has 2 aromatic rings. The van der Waals surface area contributed by atoms with Crippen LogP contribution in [-0.2, 0) is 21.2 Å². The molecule has 2 rings (SSSR count). The summed E-state index contributed by atoms with van der Waals surface area (Å²) in [4.78, 5) is 11.6. The van der Waals surface area contributed by atoms with Crippen LogP contribution < -0.4 is 0 Å². The van der Waals surface area contributed by atoms with Crippen molar-refractivity contribution in [1.29, 1.82) is 0 Å². The lowest BCUT2D eigenvalue weighted by Crippen LogP contribution is -2.43. The fourth-order valence-corrected chi connectivity index (χ4v) is 4.27. The van der Waals surface area contributed by atoms with E-state index in [1.165, 1.54) is 37.4 Å². The summed E-state index contributed by atoms with van der Waals surface area (Å²) in [5, 5.41) is 10.6. The molecule has 0 aliphatic rings. The topological polar surface area (TPSA) is 74.7 Å². The van der Waals surface area contributed by atoms with Crippen molar-refractivity contribution in [3.8, 4) is 0 Å². The van der Waals surface area contributed by atoms with Gasteiger partial charge in [0.15, 0.2) is 0 Å². The summed E-state index contributed by atoms with van der Waals surface area (Å²) < 4.78 is 26.2. The first-order chi connectivity index (χ1) is 11.6. The lowest BCUT2D eigenvalue weighted by atomic mass is 10.1. The van der Waals surface area contributed by atoms with Crippen LogP contribution in [0.4, 0.5) is 0 Å². The molecule has 0 bridgehead atoms. The zero-order chi connectivity index (χ0) is 18.8. The van der Waals surface area contributed by atoms with Gasteiger partial charge in [-0.15, -0.1) is 0 Å². The Balaban J connectivity index is 2.35. The number of carboxylic acid groups (broad SMARTS) is 1. The Morgan fingerprint density at radius 1 is 1.04 bits per heavy atom. The van der Waals surface area contributed by atoms with Crippen LogP contribution in [0.5, 0.6) is 0 Å². The molecule has 1 atom stereocenters. The maximum atomic E-state index is 12.7. The van der Waals surface area contributed by atoms with Crippen LogP contribution in [0.2, 0.25) is 15.1 Å². The molecule has 9 heteroatoms. The van der Waals surface area contributed by atoms with E-state index in [1.54, 1.807) is 12.1 Å². The molecule has 1 N–H and O–H groups in total. The van der Waals surface area contributed by atoms with Crippen LogP contribution in [-0.4, -0.2) is 36.9 Å². The third-order valence-corrected chi connectivity index (χ3v) is 6.14. The Hall–Kier alpha value is -1.31. The lowest BCUT2D eigenvalue weighted by molar-refractivity contribution is -0.141. The van der Waals surface area contributed by atoms with E-state index in [9.17, 15) is 18.3 Å². The van der Waals surface area contributed by atoms with Crippen LogP contribution in [0, 0.1) is 0 Å². The predicted octanol–water partition coefficient (Wildman–Crippen LogP) is 3.96. The third kappa shape index (κ3) is 4.86. The standard InChI is InChI=1S/C16H14Cl3NO4S/c1-20(25(23,24)14-4-2-11(17)3-5-14)15(16(21)22)8-10-6-12(18)9-13(19)7-10/h2-7,9,15H,8H2,1H3,(H,21,22). The van der Waals surface area contributed by atoms with Crippen molar-refractivity contribution in [3.05, 3.63) is 63.1 Å². The highest BCUT2D eigenvalue weighted by Crippen LogP contribution is 2.24. The molecule has 0 aliphatic heterocycles. The van der Waals surface area contributed by atoms with E-state index in [2.05, 4.69) is 0 Å². The van der Waals surface area contributed by atoms with E-state index in [4.69, 9.17) is 34.8 Å². The number of carboxylic acids is 1. The van der Waals surface area contributed by atoms with Crippen molar-refractivity contribution < 1.29 is 18.3 Å². The first-order valence-corrected chi connectivity index (χ1v) is 9.60. The zero-order valence-electron chi connectivity index (χ0n) is 13.0. The molecule has 0 aliphatic carbocycles. The number of likely N-dealkylation sites (N-methyl/N-ethyl adjacent to an activating group) is 1. The van der Waals surface area contributed by atoms with Crippen LogP contribution in [0.1, 0.15) is 5.56 Å². The fraction of sp³-hybridized carbons (Fsp3) is 0.188. The largest absolute Gasteiger partial charge is 0.480 e. The number of aliphatic carboxylic acids is 1. The normalized spacial score (nSPS) is 13.0. The monoisotopic (exact) mass is 421 g/mol. The van der Waals surface area contributed by atoms with Gasteiger partial charge in [-0.1, -0.05) is 34.8 Å². The summed E-state index contributed by atoms with van der Waals surface area (Å²) in [6.07, 6.45) is -0.0844. The zero-order valence-corrected chi connectivity index (χ0v) is 16.1. The van der Waals surface area contributed by atoms with Crippen molar-refractivity contribution in [2.75, 3.05) is 7.05 Å². The Bertz CT molecular complexity index is 865. The van der Waals surface area contributed by atoms with Gasteiger partial charge in [0.2, 0.25) is 10.0 Å². The summed E-state index contributed by atoms with van der Waals surface area (Å²) in [6.45, 7) is 0. The molecular weight excluding hydrogens is 409 g/mol. The minimum absolute atomic E-state index is 0.0465. The minimum atomic E-state index is -4.01. The minimum Gasteiger partial charge on any atom is -0.480 e. The van der Waals surface area contributed by atoms with Gasteiger partial charge in [0.05, 0.1) is 4.90 Å². The molecule has 0 aromatic heterocycles. The third-order valence-electron chi connectivity index (χ3n) is 3.57. The first kappa shape index (κ1) is 20.0. The maximum Gasteiger partial charge on any atom is 0.322 e. The van der Waals surface area contributed by atoms with Gasteiger partial charge in [0.1, 0.15) is 6.04 Å². The highest BCUT2D eigenvalue weighted by Gasteiger charge is 2.33. The van der Waals surface area contributed by atoms with E-state index in [0.29, 0.717) is 20.6 Å². The van der Waals surface area contributed by atoms with Crippen molar-refractivity contribution >= 4 is 50.8 Å². The van der Waals surface area contributed by atoms with Crippen LogP contribution in [0.3, 0.4) is 0 Å². The highest BCUT2D eigenvalue weighted by atomic mass is 35.5. The smallest absolute Gasteiger partial charge is 0.322 e. The molecule has 2 aromatic carbocycles. The molecule has 0 fully saturated rings. The van der Waals surface area contributed by atoms with Gasteiger partial charge in [0, 0.05) is 22.1 Å². The van der Waals surface area contributed by atoms with E-state index < -0.39 is 22.0 Å². The summed E-state index contributed by atoms with van der Waals surface area (Å²) in [5.74, 6) is -1.28. The second kappa shape index (κ2) is 7.93. The molecule has 5 nitrogen and oxygen atoms in total. The van der Waals surface area contributed by atoms with Gasteiger partial charge >= 0.3 is 5.97 Å². The van der Waals surface area contributed by atoms with Gasteiger partial charge in [-0.3, -0.25) is 4.79 Å². The average Bonchev–Trinajstić information content (AvgIpc) is 2.51. The van der Waals surface area contributed by atoms with E-state index >= 15 is 0 Å². The fourth-order valence-electron chi connectivity index (χ4n) is 2.26. The molecular formula is C16H14Cl3NO4S. The maximum absolute atomic E-state index is 12.7. The second-order valence-corrected chi connectivity index (χ2v) is 8.62. The summed E-state index contributed by atoms with van der Waals surface area (Å²) >= 11 is 17.6. The van der Waals surface area contributed by atoms with Crippen LogP contribution in [0.25, 0.3) is 0 Å². The lowest BCUT2D eigenvalue weighted by Gasteiger charge is -2.24. The molecule has 0 saturated heterocycles. The molecule has 0 spiro atoms. The Labute approximate surface area is 160 Å². The Morgan fingerprint density at radius 3 is 2.04 bits per heavy atom. The predicted molar refractivity (Wildman–Crippen MR) is 98.0 cm³/mol. The van der Waals surface area contributed by atoms with Gasteiger partial charge < -0.3 is 5.11 Å². The van der Waals surface area contributed by atoms with Gasteiger partial charge in [-0.2, -0.15) is 4.31 Å². The summed E-state index contributed by atoms with van der Waals surface area (Å²) in [5.41, 5.74) is 0.517. The molecule has 0 amide bonds. The van der Waals surface area contributed by atoms with E-state index in [1.807, 2.05) is 0 Å². The van der Waals surface area contributed by atoms with Crippen molar-refractivity contribution in [1.82, 2.24) is 4.31 Å². The van der Waals surface area contributed by atoms with Crippen molar-refractivity contribution in [2.45, 2.75) is 17.4 Å². The number of rotatable bonds is 6. The quantitative estimate of drug-likeness (QED) is 0.764. The van der Waals surface area contributed by atoms with Crippen LogP contribution >= 0.6 is 34.8 Å². The van der Waals surface area contributed by atoms with E-state index in [0.717, 1.165) is 4.31 Å². The Morgan fingerprint density at radius 2 is 1.56 bits per heavy atom. The molecule has 25 heavy (non-hydrogen) atoms. The summed E-state index contributed by atoms with van der Waals surface area (Å²) in [6, 6.07) is 8.78.